The van der Waals surface area contributed by atoms with E-state index >= 15 is 0 Å². The molecule has 0 bridgehead atoms. The van der Waals surface area contributed by atoms with Gasteiger partial charge < -0.3 is 10.5 Å². The van der Waals surface area contributed by atoms with Gasteiger partial charge >= 0.3 is 0 Å². The maximum Gasteiger partial charge on any atom is 0.133 e. The van der Waals surface area contributed by atoms with E-state index in [2.05, 4.69) is 48.8 Å². The second kappa shape index (κ2) is 7.80. The van der Waals surface area contributed by atoms with Crippen LogP contribution in [0.5, 0.6) is 5.75 Å². The van der Waals surface area contributed by atoms with E-state index in [1.54, 1.807) is 0 Å². The van der Waals surface area contributed by atoms with E-state index in [0.717, 1.165) is 29.2 Å². The van der Waals surface area contributed by atoms with Gasteiger partial charge in [0, 0.05) is 0 Å². The minimum atomic E-state index is 0.584. The van der Waals surface area contributed by atoms with Crippen LogP contribution in [0.4, 0.5) is 0 Å². The minimum absolute atomic E-state index is 0.584. The summed E-state index contributed by atoms with van der Waals surface area (Å²) < 4.78 is 6.87. The Morgan fingerprint density at radius 2 is 2.00 bits per heavy atom. The molecule has 0 aliphatic carbocycles. The van der Waals surface area contributed by atoms with E-state index in [0.29, 0.717) is 12.5 Å². The summed E-state index contributed by atoms with van der Waals surface area (Å²) in [5, 5.41) is 0. The first-order chi connectivity index (χ1) is 8.52. The fourth-order valence-electron chi connectivity index (χ4n) is 2.09. The van der Waals surface area contributed by atoms with Gasteiger partial charge in [0.05, 0.1) is 11.1 Å². The van der Waals surface area contributed by atoms with Gasteiger partial charge in [-0.1, -0.05) is 26.8 Å². The van der Waals surface area contributed by atoms with E-state index in [1.165, 1.54) is 12.0 Å². The van der Waals surface area contributed by atoms with Gasteiger partial charge in [-0.3, -0.25) is 0 Å². The summed E-state index contributed by atoms with van der Waals surface area (Å²) in [6.07, 6.45) is 2.10. The highest BCUT2D eigenvalue weighted by Crippen LogP contribution is 2.27. The maximum absolute atomic E-state index is 5.85. The lowest BCUT2D eigenvalue weighted by Gasteiger charge is -2.16. The van der Waals surface area contributed by atoms with Crippen molar-refractivity contribution in [1.82, 2.24) is 0 Å². The molecule has 0 saturated heterocycles. The smallest absolute Gasteiger partial charge is 0.133 e. The normalized spacial score (nSPS) is 12.8. The van der Waals surface area contributed by atoms with E-state index in [4.69, 9.17) is 10.5 Å². The molecule has 1 atom stereocenters. The highest BCUT2D eigenvalue weighted by atomic mass is 79.9. The summed E-state index contributed by atoms with van der Waals surface area (Å²) in [5.41, 5.74) is 6.79. The van der Waals surface area contributed by atoms with Crippen LogP contribution in [0, 0.1) is 11.8 Å². The largest absolute Gasteiger partial charge is 0.492 e. The molecule has 0 amide bonds. The van der Waals surface area contributed by atoms with E-state index in [-0.39, 0.29) is 0 Å². The van der Waals surface area contributed by atoms with Gasteiger partial charge in [0.2, 0.25) is 0 Å². The standard InChI is InChI=1S/C15H24BrNO/c1-11(2)8-12(3)10-18-15-5-4-13(6-7-17)9-14(15)16/h4-5,9,11-12H,6-8,10,17H2,1-3H3. The Morgan fingerprint density at radius 1 is 1.28 bits per heavy atom. The molecule has 3 heteroatoms. The molecule has 1 unspecified atom stereocenters. The van der Waals surface area contributed by atoms with Crippen molar-refractivity contribution in [3.8, 4) is 5.75 Å². The Kier molecular flexibility index (Phi) is 6.72. The Morgan fingerprint density at radius 3 is 2.56 bits per heavy atom. The van der Waals surface area contributed by atoms with Crippen molar-refractivity contribution in [2.45, 2.75) is 33.6 Å². The number of hydrogen-bond donors (Lipinski definition) is 1. The van der Waals surface area contributed by atoms with E-state index < -0.39 is 0 Å². The third-order valence-corrected chi connectivity index (χ3v) is 3.45. The molecule has 0 heterocycles. The number of nitrogens with two attached hydrogens (primary N) is 1. The Balaban J connectivity index is 2.52. The second-order valence-corrected chi connectivity index (χ2v) is 6.20. The van der Waals surface area contributed by atoms with E-state index in [1.807, 2.05) is 6.07 Å². The fourth-order valence-corrected chi connectivity index (χ4v) is 2.63. The topological polar surface area (TPSA) is 35.2 Å². The summed E-state index contributed by atoms with van der Waals surface area (Å²) in [5.74, 6) is 2.23. The number of benzene rings is 1. The SMILES string of the molecule is CC(C)CC(C)COc1ccc(CCN)cc1Br. The molecule has 0 saturated carbocycles. The monoisotopic (exact) mass is 313 g/mol. The molecule has 1 aromatic rings. The first-order valence-corrected chi connectivity index (χ1v) is 7.43. The van der Waals surface area contributed by atoms with Gasteiger partial charge in [-0.25, -0.2) is 0 Å². The highest BCUT2D eigenvalue weighted by molar-refractivity contribution is 9.10. The zero-order chi connectivity index (χ0) is 13.5. The lowest BCUT2D eigenvalue weighted by atomic mass is 10.00. The van der Waals surface area contributed by atoms with Gasteiger partial charge in [-0.05, 0) is 64.8 Å². The fraction of sp³-hybridized carbons (Fsp3) is 0.600. The molecule has 0 radical (unpaired) electrons. The number of hydrogen-bond acceptors (Lipinski definition) is 2. The lowest BCUT2D eigenvalue weighted by Crippen LogP contribution is -2.11. The molecule has 1 rings (SSSR count). The molecule has 0 aliphatic rings. The van der Waals surface area contributed by atoms with Gasteiger partial charge in [0.15, 0.2) is 0 Å². The molecule has 0 spiro atoms. The van der Waals surface area contributed by atoms with Gasteiger partial charge in [0.25, 0.3) is 0 Å². The van der Waals surface area contributed by atoms with Gasteiger partial charge in [0.1, 0.15) is 5.75 Å². The predicted molar refractivity (Wildman–Crippen MR) is 81.0 cm³/mol. The van der Waals surface area contributed by atoms with Crippen molar-refractivity contribution < 1.29 is 4.74 Å². The molecular formula is C15H24BrNO. The van der Waals surface area contributed by atoms with Crippen molar-refractivity contribution in [2.24, 2.45) is 17.6 Å². The van der Waals surface area contributed by atoms with Crippen LogP contribution >= 0.6 is 15.9 Å². The van der Waals surface area contributed by atoms with Crippen molar-refractivity contribution in [1.29, 1.82) is 0 Å². The zero-order valence-corrected chi connectivity index (χ0v) is 13.2. The van der Waals surface area contributed by atoms with Crippen LogP contribution in [-0.2, 0) is 6.42 Å². The van der Waals surface area contributed by atoms with Crippen LogP contribution in [0.2, 0.25) is 0 Å². The summed E-state index contributed by atoms with van der Waals surface area (Å²) >= 11 is 3.55. The summed E-state index contributed by atoms with van der Waals surface area (Å²) in [7, 11) is 0. The zero-order valence-electron chi connectivity index (χ0n) is 11.6. The van der Waals surface area contributed by atoms with Crippen molar-refractivity contribution in [3.63, 3.8) is 0 Å². The Bertz CT molecular complexity index is 366. The van der Waals surface area contributed by atoms with Crippen LogP contribution in [0.25, 0.3) is 0 Å². The first-order valence-electron chi connectivity index (χ1n) is 6.64. The minimum Gasteiger partial charge on any atom is -0.492 e. The van der Waals surface area contributed by atoms with Crippen molar-refractivity contribution in [3.05, 3.63) is 28.2 Å². The van der Waals surface area contributed by atoms with Gasteiger partial charge in [-0.2, -0.15) is 0 Å². The summed E-state index contributed by atoms with van der Waals surface area (Å²) in [6, 6.07) is 6.20. The van der Waals surface area contributed by atoms with Crippen LogP contribution in [0.1, 0.15) is 32.8 Å². The maximum atomic E-state index is 5.85. The van der Waals surface area contributed by atoms with Crippen LogP contribution in [0.15, 0.2) is 22.7 Å². The lowest BCUT2D eigenvalue weighted by molar-refractivity contribution is 0.237. The molecule has 2 N–H and O–H groups in total. The molecule has 0 aliphatic heterocycles. The number of halogens is 1. The predicted octanol–water partition coefficient (Wildman–Crippen LogP) is 4.01. The number of rotatable bonds is 7. The molecular weight excluding hydrogens is 290 g/mol. The summed E-state index contributed by atoms with van der Waals surface area (Å²) in [4.78, 5) is 0. The second-order valence-electron chi connectivity index (χ2n) is 5.35. The highest BCUT2D eigenvalue weighted by Gasteiger charge is 2.08. The van der Waals surface area contributed by atoms with E-state index in [9.17, 15) is 0 Å². The molecule has 18 heavy (non-hydrogen) atoms. The van der Waals surface area contributed by atoms with Crippen molar-refractivity contribution >= 4 is 15.9 Å². The Labute approximate surface area is 119 Å². The molecule has 2 nitrogen and oxygen atoms in total. The first kappa shape index (κ1) is 15.5. The molecule has 0 fully saturated rings. The quantitative estimate of drug-likeness (QED) is 0.825. The average Bonchev–Trinajstić information content (AvgIpc) is 2.27. The average molecular weight is 314 g/mol. The number of ether oxygens (including phenoxy) is 1. The molecule has 1 aromatic carbocycles. The Hall–Kier alpha value is -0.540. The molecule has 0 aromatic heterocycles. The summed E-state index contributed by atoms with van der Waals surface area (Å²) in [6.45, 7) is 8.17. The third kappa shape index (κ3) is 5.40. The van der Waals surface area contributed by atoms with Gasteiger partial charge in [-0.15, -0.1) is 0 Å². The third-order valence-electron chi connectivity index (χ3n) is 2.83. The van der Waals surface area contributed by atoms with Crippen molar-refractivity contribution in [2.75, 3.05) is 13.2 Å². The molecule has 102 valence electrons. The van der Waals surface area contributed by atoms with Crippen LogP contribution in [-0.4, -0.2) is 13.2 Å². The van der Waals surface area contributed by atoms with Crippen LogP contribution in [0.3, 0.4) is 0 Å². The van der Waals surface area contributed by atoms with Crippen LogP contribution < -0.4 is 10.5 Å².